The highest BCUT2D eigenvalue weighted by Crippen LogP contribution is 2.28. The second kappa shape index (κ2) is 7.47. The number of aromatic amines is 2. The van der Waals surface area contributed by atoms with E-state index in [-0.39, 0.29) is 11.4 Å². The van der Waals surface area contributed by atoms with Gasteiger partial charge in [0.05, 0.1) is 17.4 Å². The summed E-state index contributed by atoms with van der Waals surface area (Å²) in [6, 6.07) is 13.4. The topological polar surface area (TPSA) is 116 Å². The van der Waals surface area contributed by atoms with Crippen LogP contribution in [0.5, 0.6) is 0 Å². The fraction of sp³-hybridized carbons (Fsp3) is 0.182. The Morgan fingerprint density at radius 1 is 0.933 bits per heavy atom. The molecule has 2 aromatic carbocycles. The molecule has 0 spiro atoms. The minimum Gasteiger partial charge on any atom is -0.340 e. The number of rotatable bonds is 4. The first-order chi connectivity index (χ1) is 14.7. The fourth-order valence-corrected chi connectivity index (χ4v) is 3.90. The normalized spacial score (nSPS) is 13.1. The van der Waals surface area contributed by atoms with Crippen molar-refractivity contribution in [3.8, 4) is 0 Å². The predicted octanol–water partition coefficient (Wildman–Crippen LogP) is 3.67. The zero-order chi connectivity index (χ0) is 20.5. The molecule has 0 atom stereocenters. The number of hydrogen-bond donors (Lipinski definition) is 4. The Bertz CT molecular complexity index is 1220. The SMILES string of the molecule is O=C(Nc1cccc2c1CCCC2)c1nc[nH]c1C(=O)Nc1nc2ccccc2[nH]1. The van der Waals surface area contributed by atoms with Crippen LogP contribution in [-0.4, -0.2) is 31.8 Å². The van der Waals surface area contributed by atoms with E-state index in [1.165, 1.54) is 17.5 Å². The molecule has 5 rings (SSSR count). The van der Waals surface area contributed by atoms with Crippen molar-refractivity contribution in [2.24, 2.45) is 0 Å². The van der Waals surface area contributed by atoms with E-state index in [9.17, 15) is 9.59 Å². The summed E-state index contributed by atoms with van der Waals surface area (Å²) in [6.07, 6.45) is 5.56. The summed E-state index contributed by atoms with van der Waals surface area (Å²) in [5.41, 5.74) is 4.89. The lowest BCUT2D eigenvalue weighted by molar-refractivity contribution is 0.0985. The van der Waals surface area contributed by atoms with Gasteiger partial charge in [0.15, 0.2) is 5.69 Å². The van der Waals surface area contributed by atoms with E-state index < -0.39 is 11.8 Å². The molecule has 4 aromatic rings. The van der Waals surface area contributed by atoms with Crippen LogP contribution in [0.15, 0.2) is 48.8 Å². The summed E-state index contributed by atoms with van der Waals surface area (Å²) in [6.45, 7) is 0. The summed E-state index contributed by atoms with van der Waals surface area (Å²) >= 11 is 0. The Balaban J connectivity index is 1.36. The molecule has 2 aromatic heterocycles. The van der Waals surface area contributed by atoms with E-state index in [1.54, 1.807) is 0 Å². The van der Waals surface area contributed by atoms with Crippen LogP contribution in [0, 0.1) is 0 Å². The molecule has 2 heterocycles. The number of amides is 2. The van der Waals surface area contributed by atoms with Crippen molar-refractivity contribution in [3.05, 3.63) is 71.3 Å². The van der Waals surface area contributed by atoms with Crippen molar-refractivity contribution in [2.45, 2.75) is 25.7 Å². The third-order valence-corrected chi connectivity index (χ3v) is 5.35. The van der Waals surface area contributed by atoms with Crippen LogP contribution in [0.3, 0.4) is 0 Å². The zero-order valence-corrected chi connectivity index (χ0v) is 16.2. The molecule has 1 aliphatic rings. The number of aryl methyl sites for hydroxylation is 1. The number of hydrogen-bond acceptors (Lipinski definition) is 4. The molecule has 0 aliphatic heterocycles. The van der Waals surface area contributed by atoms with Gasteiger partial charge in [0.1, 0.15) is 5.69 Å². The molecule has 1 aliphatic carbocycles. The molecule has 8 nitrogen and oxygen atoms in total. The first kappa shape index (κ1) is 18.1. The number of aromatic nitrogens is 4. The number of carbonyl (C=O) groups is 2. The second-order valence-corrected chi connectivity index (χ2v) is 7.29. The fourth-order valence-electron chi connectivity index (χ4n) is 3.90. The van der Waals surface area contributed by atoms with E-state index in [0.717, 1.165) is 42.4 Å². The molecule has 0 fully saturated rings. The van der Waals surface area contributed by atoms with Gasteiger partial charge in [-0.05, 0) is 55.0 Å². The molecule has 150 valence electrons. The van der Waals surface area contributed by atoms with Gasteiger partial charge < -0.3 is 15.3 Å². The average Bonchev–Trinajstić information content (AvgIpc) is 3.41. The van der Waals surface area contributed by atoms with Gasteiger partial charge in [-0.15, -0.1) is 0 Å². The van der Waals surface area contributed by atoms with Crippen molar-refractivity contribution >= 4 is 34.5 Å². The number of anilines is 2. The third kappa shape index (κ3) is 3.32. The van der Waals surface area contributed by atoms with Crippen LogP contribution in [-0.2, 0) is 12.8 Å². The molecule has 0 unspecified atom stereocenters. The number of nitrogens with one attached hydrogen (secondary N) is 4. The Morgan fingerprint density at radius 3 is 2.70 bits per heavy atom. The summed E-state index contributed by atoms with van der Waals surface area (Å²) in [7, 11) is 0. The zero-order valence-electron chi connectivity index (χ0n) is 16.2. The van der Waals surface area contributed by atoms with Crippen molar-refractivity contribution in [1.29, 1.82) is 0 Å². The quantitative estimate of drug-likeness (QED) is 0.418. The maximum absolute atomic E-state index is 12.9. The van der Waals surface area contributed by atoms with Crippen molar-refractivity contribution in [3.63, 3.8) is 0 Å². The molecule has 2 amide bonds. The number of para-hydroxylation sites is 2. The van der Waals surface area contributed by atoms with E-state index in [0.29, 0.717) is 5.95 Å². The summed E-state index contributed by atoms with van der Waals surface area (Å²) in [5.74, 6) is -0.615. The van der Waals surface area contributed by atoms with Crippen LogP contribution < -0.4 is 10.6 Å². The van der Waals surface area contributed by atoms with E-state index in [2.05, 4.69) is 36.6 Å². The Morgan fingerprint density at radius 2 is 1.80 bits per heavy atom. The lowest BCUT2D eigenvalue weighted by Gasteiger charge is -2.19. The number of fused-ring (bicyclic) bond motifs is 2. The number of nitrogens with zero attached hydrogens (tertiary/aromatic N) is 2. The summed E-state index contributed by atoms with van der Waals surface area (Å²) in [4.78, 5) is 39.8. The monoisotopic (exact) mass is 400 g/mol. The van der Waals surface area contributed by atoms with Crippen LogP contribution in [0.25, 0.3) is 11.0 Å². The van der Waals surface area contributed by atoms with E-state index >= 15 is 0 Å². The van der Waals surface area contributed by atoms with E-state index in [4.69, 9.17) is 0 Å². The van der Waals surface area contributed by atoms with E-state index in [1.807, 2.05) is 36.4 Å². The molecule has 8 heteroatoms. The molecule has 0 saturated carbocycles. The Labute approximate surface area is 172 Å². The minimum absolute atomic E-state index is 0.0389. The lowest BCUT2D eigenvalue weighted by Crippen LogP contribution is -2.21. The first-order valence-corrected chi connectivity index (χ1v) is 9.90. The van der Waals surface area contributed by atoms with Gasteiger partial charge in [0.2, 0.25) is 5.95 Å². The molecule has 0 saturated heterocycles. The lowest BCUT2D eigenvalue weighted by atomic mass is 9.90. The molecule has 0 bridgehead atoms. The van der Waals surface area contributed by atoms with Crippen LogP contribution >= 0.6 is 0 Å². The maximum Gasteiger partial charge on any atom is 0.276 e. The van der Waals surface area contributed by atoms with Crippen molar-refractivity contribution in [1.82, 2.24) is 19.9 Å². The Hall–Kier alpha value is -3.94. The van der Waals surface area contributed by atoms with Crippen LogP contribution in [0.4, 0.5) is 11.6 Å². The minimum atomic E-state index is -0.494. The maximum atomic E-state index is 12.9. The highest BCUT2D eigenvalue weighted by atomic mass is 16.2. The molecule has 0 radical (unpaired) electrons. The highest BCUT2D eigenvalue weighted by molar-refractivity contribution is 6.13. The summed E-state index contributed by atoms with van der Waals surface area (Å²) in [5, 5.41) is 5.61. The summed E-state index contributed by atoms with van der Waals surface area (Å²) < 4.78 is 0. The first-order valence-electron chi connectivity index (χ1n) is 9.90. The van der Waals surface area contributed by atoms with Gasteiger partial charge in [0, 0.05) is 5.69 Å². The number of benzene rings is 2. The number of imidazole rings is 2. The van der Waals surface area contributed by atoms with Crippen molar-refractivity contribution in [2.75, 3.05) is 10.6 Å². The molecule has 4 N–H and O–H groups in total. The van der Waals surface area contributed by atoms with Gasteiger partial charge in [-0.25, -0.2) is 9.97 Å². The van der Waals surface area contributed by atoms with Gasteiger partial charge >= 0.3 is 0 Å². The largest absolute Gasteiger partial charge is 0.340 e. The molecular weight excluding hydrogens is 380 g/mol. The second-order valence-electron chi connectivity index (χ2n) is 7.29. The van der Waals surface area contributed by atoms with Crippen LogP contribution in [0.1, 0.15) is 44.9 Å². The third-order valence-electron chi connectivity index (χ3n) is 5.35. The number of H-pyrrole nitrogens is 2. The van der Waals surface area contributed by atoms with Gasteiger partial charge in [-0.2, -0.15) is 0 Å². The highest BCUT2D eigenvalue weighted by Gasteiger charge is 2.23. The van der Waals surface area contributed by atoms with Gasteiger partial charge in [-0.1, -0.05) is 24.3 Å². The predicted molar refractivity (Wildman–Crippen MR) is 114 cm³/mol. The smallest absolute Gasteiger partial charge is 0.276 e. The standard InChI is InChI=1S/C22H20N6O2/c29-20(25-15-11-5-7-13-6-1-2-8-14(13)15)18-19(24-12-23-18)21(30)28-22-26-16-9-3-4-10-17(16)27-22/h3-5,7,9-12H,1-2,6,8H2,(H,23,24)(H,25,29)(H2,26,27,28,30). The van der Waals surface area contributed by atoms with Crippen molar-refractivity contribution < 1.29 is 9.59 Å². The average molecular weight is 400 g/mol. The number of carbonyl (C=O) groups excluding carboxylic acids is 2. The van der Waals surface area contributed by atoms with Gasteiger partial charge in [-0.3, -0.25) is 14.9 Å². The molecular formula is C22H20N6O2. The Kier molecular flexibility index (Phi) is 4.51. The van der Waals surface area contributed by atoms with Gasteiger partial charge in [0.25, 0.3) is 11.8 Å². The molecule has 30 heavy (non-hydrogen) atoms. The van der Waals surface area contributed by atoms with Crippen LogP contribution in [0.2, 0.25) is 0 Å².